The summed E-state index contributed by atoms with van der Waals surface area (Å²) >= 11 is 0. The van der Waals surface area contributed by atoms with Crippen LogP contribution in [0.1, 0.15) is 16.8 Å². The summed E-state index contributed by atoms with van der Waals surface area (Å²) in [6.45, 7) is 1.15. The molecule has 0 saturated carbocycles. The minimum Gasteiger partial charge on any atom is -0.493 e. The second kappa shape index (κ2) is 6.03. The lowest BCUT2D eigenvalue weighted by atomic mass is 10.2. The zero-order valence-corrected chi connectivity index (χ0v) is 8.73. The van der Waals surface area contributed by atoms with Gasteiger partial charge in [0.1, 0.15) is 5.75 Å². The van der Waals surface area contributed by atoms with Gasteiger partial charge in [-0.05, 0) is 12.1 Å². The van der Waals surface area contributed by atoms with E-state index in [1.165, 1.54) is 0 Å². The molecule has 82 valence electrons. The van der Waals surface area contributed by atoms with Crippen LogP contribution in [0.5, 0.6) is 5.75 Å². The number of nitrogens with two attached hydrogens (primary N) is 1. The van der Waals surface area contributed by atoms with Gasteiger partial charge in [0.05, 0.1) is 12.2 Å². The van der Waals surface area contributed by atoms with Crippen molar-refractivity contribution in [2.75, 3.05) is 20.3 Å². The van der Waals surface area contributed by atoms with E-state index in [-0.39, 0.29) is 0 Å². The fraction of sp³-hybridized carbons (Fsp3) is 0.364. The van der Waals surface area contributed by atoms with E-state index < -0.39 is 5.91 Å². The van der Waals surface area contributed by atoms with Crippen LogP contribution >= 0.6 is 0 Å². The Morgan fingerprint density at radius 2 is 2.07 bits per heavy atom. The molecule has 1 rings (SSSR count). The molecule has 0 aromatic heterocycles. The maximum Gasteiger partial charge on any atom is 0.252 e. The lowest BCUT2D eigenvalue weighted by Gasteiger charge is -2.08. The molecule has 0 spiro atoms. The number of carbonyl (C=O) groups is 1. The van der Waals surface area contributed by atoms with E-state index in [9.17, 15) is 4.79 Å². The number of methoxy groups -OCH3 is 1. The van der Waals surface area contributed by atoms with Crippen molar-refractivity contribution in [1.29, 1.82) is 0 Å². The molecule has 0 bridgehead atoms. The van der Waals surface area contributed by atoms with E-state index in [0.29, 0.717) is 24.5 Å². The Balaban J connectivity index is 2.56. The van der Waals surface area contributed by atoms with Crippen molar-refractivity contribution < 1.29 is 14.3 Å². The van der Waals surface area contributed by atoms with Crippen molar-refractivity contribution >= 4 is 5.91 Å². The van der Waals surface area contributed by atoms with Gasteiger partial charge in [-0.2, -0.15) is 0 Å². The van der Waals surface area contributed by atoms with E-state index >= 15 is 0 Å². The second-order valence-corrected chi connectivity index (χ2v) is 3.06. The summed E-state index contributed by atoms with van der Waals surface area (Å²) < 4.78 is 10.3. The Morgan fingerprint density at radius 3 is 2.73 bits per heavy atom. The lowest BCUT2D eigenvalue weighted by Crippen LogP contribution is -2.13. The van der Waals surface area contributed by atoms with E-state index in [2.05, 4.69) is 0 Å². The molecule has 1 aromatic carbocycles. The van der Waals surface area contributed by atoms with Gasteiger partial charge in [-0.1, -0.05) is 12.1 Å². The molecule has 0 unspecified atom stereocenters. The van der Waals surface area contributed by atoms with E-state index in [0.717, 1.165) is 6.42 Å². The summed E-state index contributed by atoms with van der Waals surface area (Å²) in [7, 11) is 1.64. The minimum absolute atomic E-state index is 0.412. The first-order valence-electron chi connectivity index (χ1n) is 4.76. The van der Waals surface area contributed by atoms with Gasteiger partial charge < -0.3 is 15.2 Å². The fourth-order valence-corrected chi connectivity index (χ4v) is 1.18. The standard InChI is InChI=1S/C11H15NO3/c1-14-7-4-8-15-10-6-3-2-5-9(10)11(12)13/h2-3,5-6H,4,7-8H2,1H3,(H2,12,13). The fourth-order valence-electron chi connectivity index (χ4n) is 1.18. The smallest absolute Gasteiger partial charge is 0.252 e. The summed E-state index contributed by atoms with van der Waals surface area (Å²) in [5, 5.41) is 0. The van der Waals surface area contributed by atoms with E-state index in [1.807, 2.05) is 0 Å². The van der Waals surface area contributed by atoms with E-state index in [1.54, 1.807) is 31.4 Å². The van der Waals surface area contributed by atoms with Gasteiger partial charge >= 0.3 is 0 Å². The van der Waals surface area contributed by atoms with Crippen molar-refractivity contribution in [2.45, 2.75) is 6.42 Å². The molecule has 0 saturated heterocycles. The van der Waals surface area contributed by atoms with Gasteiger partial charge in [-0.25, -0.2) is 0 Å². The van der Waals surface area contributed by atoms with Gasteiger partial charge in [0.2, 0.25) is 0 Å². The maximum atomic E-state index is 11.0. The molecule has 15 heavy (non-hydrogen) atoms. The van der Waals surface area contributed by atoms with Crippen molar-refractivity contribution in [1.82, 2.24) is 0 Å². The highest BCUT2D eigenvalue weighted by Crippen LogP contribution is 2.17. The van der Waals surface area contributed by atoms with Crippen LogP contribution in [-0.4, -0.2) is 26.2 Å². The van der Waals surface area contributed by atoms with Crippen molar-refractivity contribution in [3.8, 4) is 5.75 Å². The average Bonchev–Trinajstić information content (AvgIpc) is 2.25. The Morgan fingerprint density at radius 1 is 1.33 bits per heavy atom. The Labute approximate surface area is 89.0 Å². The Bertz CT molecular complexity index is 325. The third-order valence-corrected chi connectivity index (χ3v) is 1.90. The van der Waals surface area contributed by atoms with Crippen molar-refractivity contribution in [2.24, 2.45) is 5.73 Å². The summed E-state index contributed by atoms with van der Waals surface area (Å²) in [6, 6.07) is 6.93. The van der Waals surface area contributed by atoms with Gasteiger partial charge in [-0.3, -0.25) is 4.79 Å². The molecule has 0 aliphatic rings. The van der Waals surface area contributed by atoms with Crippen LogP contribution in [-0.2, 0) is 4.74 Å². The summed E-state index contributed by atoms with van der Waals surface area (Å²) in [5.41, 5.74) is 5.61. The van der Waals surface area contributed by atoms with Crippen LogP contribution in [0.4, 0.5) is 0 Å². The minimum atomic E-state index is -0.475. The van der Waals surface area contributed by atoms with Crippen LogP contribution in [0.3, 0.4) is 0 Å². The van der Waals surface area contributed by atoms with Crippen LogP contribution < -0.4 is 10.5 Å². The topological polar surface area (TPSA) is 61.6 Å². The maximum absolute atomic E-state index is 11.0. The second-order valence-electron chi connectivity index (χ2n) is 3.06. The first kappa shape index (κ1) is 11.5. The largest absolute Gasteiger partial charge is 0.493 e. The third kappa shape index (κ3) is 3.59. The predicted octanol–water partition coefficient (Wildman–Crippen LogP) is 1.20. The normalized spacial score (nSPS) is 9.93. The quantitative estimate of drug-likeness (QED) is 0.716. The Hall–Kier alpha value is -1.55. The first-order valence-corrected chi connectivity index (χ1v) is 4.76. The number of hydrogen-bond acceptors (Lipinski definition) is 3. The molecule has 0 aliphatic heterocycles. The average molecular weight is 209 g/mol. The molecule has 0 aliphatic carbocycles. The summed E-state index contributed by atoms with van der Waals surface area (Å²) in [6.07, 6.45) is 0.781. The predicted molar refractivity (Wildman–Crippen MR) is 56.9 cm³/mol. The van der Waals surface area contributed by atoms with Gasteiger partial charge in [-0.15, -0.1) is 0 Å². The number of carbonyl (C=O) groups excluding carboxylic acids is 1. The summed E-state index contributed by atoms with van der Waals surface area (Å²) in [5.74, 6) is 0.0541. The van der Waals surface area contributed by atoms with Crippen LogP contribution in [0.2, 0.25) is 0 Å². The monoisotopic (exact) mass is 209 g/mol. The van der Waals surface area contributed by atoms with Crippen LogP contribution in [0.15, 0.2) is 24.3 Å². The number of hydrogen-bond donors (Lipinski definition) is 1. The molecule has 0 radical (unpaired) electrons. The molecule has 4 nitrogen and oxygen atoms in total. The number of primary amides is 1. The van der Waals surface area contributed by atoms with Crippen LogP contribution in [0, 0.1) is 0 Å². The van der Waals surface area contributed by atoms with E-state index in [4.69, 9.17) is 15.2 Å². The number of rotatable bonds is 6. The molecule has 1 amide bonds. The molecule has 0 heterocycles. The van der Waals surface area contributed by atoms with Crippen molar-refractivity contribution in [3.05, 3.63) is 29.8 Å². The van der Waals surface area contributed by atoms with Gasteiger partial charge in [0, 0.05) is 20.1 Å². The summed E-state index contributed by atoms with van der Waals surface area (Å²) in [4.78, 5) is 11.0. The molecular weight excluding hydrogens is 194 g/mol. The van der Waals surface area contributed by atoms with Gasteiger partial charge in [0.25, 0.3) is 5.91 Å². The molecule has 0 fully saturated rings. The molecule has 0 atom stereocenters. The first-order chi connectivity index (χ1) is 7.25. The van der Waals surface area contributed by atoms with Crippen LogP contribution in [0.25, 0.3) is 0 Å². The number of ether oxygens (including phenoxy) is 2. The number of benzene rings is 1. The highest BCUT2D eigenvalue weighted by atomic mass is 16.5. The SMILES string of the molecule is COCCCOc1ccccc1C(N)=O. The zero-order chi connectivity index (χ0) is 11.1. The van der Waals surface area contributed by atoms with Gasteiger partial charge in [0.15, 0.2) is 0 Å². The molecule has 2 N–H and O–H groups in total. The molecule has 1 aromatic rings. The molecule has 4 heteroatoms. The number of para-hydroxylation sites is 1. The lowest BCUT2D eigenvalue weighted by molar-refractivity contribution is 0.0995. The zero-order valence-electron chi connectivity index (χ0n) is 8.73. The van der Waals surface area contributed by atoms with Crippen molar-refractivity contribution in [3.63, 3.8) is 0 Å². The highest BCUT2D eigenvalue weighted by Gasteiger charge is 2.07. The number of amides is 1. The highest BCUT2D eigenvalue weighted by molar-refractivity contribution is 5.95. The molecular formula is C11H15NO3. The third-order valence-electron chi connectivity index (χ3n) is 1.90. The Kier molecular flexibility index (Phi) is 4.63.